The molecule has 0 unspecified atom stereocenters. The van der Waals surface area contributed by atoms with Crippen molar-refractivity contribution in [1.29, 1.82) is 0 Å². The van der Waals surface area contributed by atoms with Crippen LogP contribution in [0.5, 0.6) is 11.5 Å². The van der Waals surface area contributed by atoms with Crippen molar-refractivity contribution >= 4 is 30.1 Å². The van der Waals surface area contributed by atoms with Crippen molar-refractivity contribution in [2.75, 3.05) is 26.7 Å². The maximum atomic E-state index is 13.9. The smallest absolute Gasteiger partial charge is 0.251 e. The summed E-state index contributed by atoms with van der Waals surface area (Å²) in [6.45, 7) is 2.86. The number of piperazine rings is 1. The molecule has 0 radical (unpaired) electrons. The summed E-state index contributed by atoms with van der Waals surface area (Å²) in [6, 6.07) is 14.4. The summed E-state index contributed by atoms with van der Waals surface area (Å²) in [5.41, 5.74) is 0.0747. The van der Waals surface area contributed by atoms with E-state index in [-0.39, 0.29) is 30.1 Å². The van der Waals surface area contributed by atoms with E-state index in [1.165, 1.54) is 0 Å². The molecule has 0 bridgehead atoms. The highest BCUT2D eigenvalue weighted by molar-refractivity contribution is 6.00. The summed E-state index contributed by atoms with van der Waals surface area (Å²) in [6.07, 6.45) is 8.25. The molecule has 1 spiro atoms. The number of amides is 3. The molecule has 3 N–H and O–H groups in total. The largest absolute Gasteiger partial charge is 0.457 e. The van der Waals surface area contributed by atoms with Crippen LogP contribution in [-0.4, -0.2) is 76.5 Å². The fourth-order valence-corrected chi connectivity index (χ4v) is 7.09. The molecule has 4 aliphatic rings. The maximum absolute atomic E-state index is 13.9. The number of hydrogen-bond acceptors (Lipinski definition) is 6. The van der Waals surface area contributed by atoms with Crippen LogP contribution in [0.4, 0.5) is 0 Å². The van der Waals surface area contributed by atoms with Crippen LogP contribution in [-0.2, 0) is 16.1 Å². The van der Waals surface area contributed by atoms with E-state index in [9.17, 15) is 19.5 Å². The number of ether oxygens (including phenoxy) is 1. The summed E-state index contributed by atoms with van der Waals surface area (Å²) >= 11 is 0. The van der Waals surface area contributed by atoms with Crippen LogP contribution in [0, 0.1) is 5.92 Å². The van der Waals surface area contributed by atoms with Gasteiger partial charge in [-0.05, 0) is 86.4 Å². The normalized spacial score (nSPS) is 23.0. The highest BCUT2D eigenvalue weighted by Crippen LogP contribution is 2.40. The van der Waals surface area contributed by atoms with Crippen molar-refractivity contribution in [2.24, 2.45) is 5.92 Å². The van der Waals surface area contributed by atoms with E-state index >= 15 is 0 Å². The molecule has 238 valence electrons. The predicted molar refractivity (Wildman–Crippen MR) is 170 cm³/mol. The van der Waals surface area contributed by atoms with Crippen LogP contribution >= 0.6 is 12.4 Å². The van der Waals surface area contributed by atoms with Gasteiger partial charge in [0.2, 0.25) is 11.8 Å². The lowest BCUT2D eigenvalue weighted by atomic mass is 9.77. The second-order valence-corrected chi connectivity index (χ2v) is 13.1. The minimum absolute atomic E-state index is 0. The van der Waals surface area contributed by atoms with Gasteiger partial charge in [0.05, 0.1) is 5.60 Å². The van der Waals surface area contributed by atoms with Gasteiger partial charge in [0.15, 0.2) is 0 Å². The summed E-state index contributed by atoms with van der Waals surface area (Å²) in [5, 5.41) is 16.9. The monoisotopic (exact) mass is 624 g/mol. The number of nitrogens with zero attached hydrogens (tertiary/aromatic N) is 2. The van der Waals surface area contributed by atoms with Gasteiger partial charge in [-0.1, -0.05) is 31.4 Å². The molecule has 2 aliphatic carbocycles. The Hall–Kier alpha value is -3.14. The van der Waals surface area contributed by atoms with Gasteiger partial charge in [-0.15, -0.1) is 12.4 Å². The number of hydrogen-bond donors (Lipinski definition) is 3. The number of piperidine rings is 1. The van der Waals surface area contributed by atoms with Crippen molar-refractivity contribution in [3.63, 3.8) is 0 Å². The van der Waals surface area contributed by atoms with Crippen LogP contribution in [0.25, 0.3) is 0 Å². The summed E-state index contributed by atoms with van der Waals surface area (Å²) < 4.78 is 5.96. The van der Waals surface area contributed by atoms with Crippen LogP contribution in [0.3, 0.4) is 0 Å². The molecule has 9 nitrogen and oxygen atoms in total. The average Bonchev–Trinajstić information content (AvgIpc) is 3.85. The zero-order valence-corrected chi connectivity index (χ0v) is 26.4. The lowest BCUT2D eigenvalue weighted by molar-refractivity contribution is -0.164. The van der Waals surface area contributed by atoms with Crippen LogP contribution < -0.4 is 15.4 Å². The second-order valence-electron chi connectivity index (χ2n) is 13.1. The minimum Gasteiger partial charge on any atom is -0.457 e. The summed E-state index contributed by atoms with van der Waals surface area (Å²) in [7, 11) is 1.60. The molecule has 2 aromatic rings. The van der Waals surface area contributed by atoms with Gasteiger partial charge in [0.25, 0.3) is 5.91 Å². The van der Waals surface area contributed by atoms with Crippen molar-refractivity contribution in [2.45, 2.75) is 87.9 Å². The fourth-order valence-electron chi connectivity index (χ4n) is 7.09. The molecular formula is C34H45ClN4O5. The molecule has 2 saturated carbocycles. The van der Waals surface area contributed by atoms with Gasteiger partial charge in [-0.25, -0.2) is 0 Å². The Morgan fingerprint density at radius 1 is 0.955 bits per heavy atom. The third-order valence-corrected chi connectivity index (χ3v) is 9.91. The Bertz CT molecular complexity index is 1320. The molecule has 0 aromatic heterocycles. The van der Waals surface area contributed by atoms with Gasteiger partial charge in [0, 0.05) is 45.2 Å². The highest BCUT2D eigenvalue weighted by Gasteiger charge is 2.55. The molecule has 10 heteroatoms. The quantitative estimate of drug-likeness (QED) is 0.381. The minimum atomic E-state index is -0.858. The van der Waals surface area contributed by atoms with Gasteiger partial charge < -0.3 is 25.4 Å². The lowest BCUT2D eigenvalue weighted by Crippen LogP contribution is -2.73. The van der Waals surface area contributed by atoms with E-state index in [1.807, 2.05) is 17.0 Å². The average molecular weight is 625 g/mol. The summed E-state index contributed by atoms with van der Waals surface area (Å²) in [5.74, 6) is 1.68. The SMILES string of the molecule is CNC(=O)c1ccc(Oc2ccc(CN3CCC4(CC3)C(=O)N[C@H](CC3(O)CCCCC3)C(=O)N4CC3CC3)cc2)cc1.Cl. The highest BCUT2D eigenvalue weighted by atomic mass is 35.5. The third-order valence-electron chi connectivity index (χ3n) is 9.91. The number of carbonyl (C=O) groups is 3. The third kappa shape index (κ3) is 7.05. The number of carbonyl (C=O) groups excluding carboxylic acids is 3. The molecule has 44 heavy (non-hydrogen) atoms. The first kappa shape index (κ1) is 32.3. The fraction of sp³-hybridized carbons (Fsp3) is 0.559. The van der Waals surface area contributed by atoms with Crippen LogP contribution in [0.15, 0.2) is 48.5 Å². The Morgan fingerprint density at radius 2 is 1.57 bits per heavy atom. The number of likely N-dealkylation sites (tertiary alicyclic amines) is 1. The molecule has 6 rings (SSSR count). The van der Waals surface area contributed by atoms with Gasteiger partial charge in [-0.2, -0.15) is 0 Å². The standard InChI is InChI=1S/C34H44N4O5.ClH/c1-35-30(39)26-9-13-28(14-10-26)43-27-11-7-24(8-12-27)22-37-19-17-34(18-20-37)32(41)36-29(21-33(42)15-3-2-4-16-33)31(40)38(34)23-25-5-6-25;/h7-14,25,29,42H,2-6,15-23H2,1H3,(H,35,39)(H,36,41);1H/t29-;/m1./s1. The zero-order valence-electron chi connectivity index (χ0n) is 25.6. The topological polar surface area (TPSA) is 111 Å². The Morgan fingerprint density at radius 3 is 2.16 bits per heavy atom. The Balaban J connectivity index is 0.00000384. The van der Waals surface area contributed by atoms with Crippen molar-refractivity contribution < 1.29 is 24.2 Å². The van der Waals surface area contributed by atoms with Crippen molar-refractivity contribution in [3.05, 3.63) is 59.7 Å². The van der Waals surface area contributed by atoms with Crippen LogP contribution in [0.2, 0.25) is 0 Å². The number of aliphatic hydroxyl groups is 1. The number of nitrogens with one attached hydrogen (secondary N) is 2. The molecular weight excluding hydrogens is 580 g/mol. The number of benzene rings is 2. The van der Waals surface area contributed by atoms with Crippen molar-refractivity contribution in [3.8, 4) is 11.5 Å². The molecule has 2 aromatic carbocycles. The van der Waals surface area contributed by atoms with Gasteiger partial charge in [0.1, 0.15) is 23.1 Å². The van der Waals surface area contributed by atoms with Crippen molar-refractivity contribution in [1.82, 2.24) is 20.4 Å². The first-order valence-corrected chi connectivity index (χ1v) is 15.9. The molecule has 3 amide bonds. The van der Waals surface area contributed by atoms with E-state index in [0.29, 0.717) is 55.9 Å². The molecule has 2 saturated heterocycles. The molecule has 4 fully saturated rings. The number of halogens is 1. The lowest BCUT2D eigenvalue weighted by Gasteiger charge is -2.52. The van der Waals surface area contributed by atoms with Gasteiger partial charge >= 0.3 is 0 Å². The van der Waals surface area contributed by atoms with E-state index in [4.69, 9.17) is 4.74 Å². The molecule has 2 aliphatic heterocycles. The van der Waals surface area contributed by atoms with Crippen LogP contribution in [0.1, 0.15) is 80.1 Å². The predicted octanol–water partition coefficient (Wildman–Crippen LogP) is 4.42. The van der Waals surface area contributed by atoms with Gasteiger partial charge in [-0.3, -0.25) is 19.3 Å². The maximum Gasteiger partial charge on any atom is 0.251 e. The first-order chi connectivity index (χ1) is 20.8. The van der Waals surface area contributed by atoms with E-state index in [1.54, 1.807) is 31.3 Å². The summed E-state index contributed by atoms with van der Waals surface area (Å²) in [4.78, 5) is 43.7. The zero-order chi connectivity index (χ0) is 30.0. The number of rotatable bonds is 9. The van der Waals surface area contributed by atoms with E-state index < -0.39 is 17.2 Å². The second kappa shape index (κ2) is 13.5. The molecule has 1 atom stereocenters. The Kier molecular flexibility index (Phi) is 9.87. The van der Waals surface area contributed by atoms with E-state index in [0.717, 1.165) is 63.1 Å². The Labute approximate surface area is 266 Å². The van der Waals surface area contributed by atoms with E-state index in [2.05, 4.69) is 27.7 Å². The molecule has 2 heterocycles. The first-order valence-electron chi connectivity index (χ1n) is 15.9.